The van der Waals surface area contributed by atoms with E-state index in [9.17, 15) is 4.79 Å². The molecule has 1 N–H and O–H groups in total. The van der Waals surface area contributed by atoms with E-state index < -0.39 is 0 Å². The Balaban J connectivity index is 0.00000320. The number of aliphatic imine (C=N–C) groups is 1. The summed E-state index contributed by atoms with van der Waals surface area (Å²) in [6.07, 6.45) is 5.09. The van der Waals surface area contributed by atoms with Gasteiger partial charge in [-0.1, -0.05) is 23.7 Å². The van der Waals surface area contributed by atoms with Gasteiger partial charge < -0.3 is 15.1 Å². The summed E-state index contributed by atoms with van der Waals surface area (Å²) in [5.74, 6) is 1.07. The highest BCUT2D eigenvalue weighted by Crippen LogP contribution is 2.13. The number of guanidine groups is 1. The summed E-state index contributed by atoms with van der Waals surface area (Å²) in [5, 5.41) is 8.25. The molecule has 1 aromatic heterocycles. The standard InChI is InChI=1S/C21H29ClN6O.HI/c1-2-23-21(24-8-4-10-28-11-5-9-25-28)27-14-12-26(13-15-27)20(29)17-18-6-3-7-19(22)16-18;/h3,5-7,9,11,16H,2,4,8,10,12-15,17H2,1H3,(H,23,24);1H. The van der Waals surface area contributed by atoms with Crippen LogP contribution in [0, 0.1) is 0 Å². The number of aromatic nitrogens is 2. The van der Waals surface area contributed by atoms with Crippen LogP contribution in [0.4, 0.5) is 0 Å². The first kappa shape index (κ1) is 24.5. The number of carbonyl (C=O) groups excluding carboxylic acids is 1. The number of hydrogen-bond acceptors (Lipinski definition) is 3. The minimum atomic E-state index is 0. The molecule has 2 heterocycles. The molecule has 1 saturated heterocycles. The number of halogens is 2. The molecule has 0 unspecified atom stereocenters. The number of piperazine rings is 1. The predicted molar refractivity (Wildman–Crippen MR) is 132 cm³/mol. The first-order valence-corrected chi connectivity index (χ1v) is 10.6. The van der Waals surface area contributed by atoms with Gasteiger partial charge in [-0.2, -0.15) is 5.10 Å². The zero-order valence-corrected chi connectivity index (χ0v) is 20.4. The lowest BCUT2D eigenvalue weighted by atomic mass is 10.1. The second-order valence-corrected chi connectivity index (χ2v) is 7.47. The van der Waals surface area contributed by atoms with Gasteiger partial charge in [0.15, 0.2) is 5.96 Å². The summed E-state index contributed by atoms with van der Waals surface area (Å²) >= 11 is 6.02. The first-order valence-electron chi connectivity index (χ1n) is 10.2. The number of benzene rings is 1. The van der Waals surface area contributed by atoms with E-state index in [0.717, 1.165) is 50.7 Å². The Hall–Kier alpha value is -1.81. The molecule has 0 spiro atoms. The summed E-state index contributed by atoms with van der Waals surface area (Å²) in [7, 11) is 0. The van der Waals surface area contributed by atoms with Crippen LogP contribution < -0.4 is 5.32 Å². The first-order chi connectivity index (χ1) is 14.2. The quantitative estimate of drug-likeness (QED) is 0.252. The molecule has 3 rings (SSSR count). The van der Waals surface area contributed by atoms with E-state index in [1.807, 2.05) is 46.1 Å². The van der Waals surface area contributed by atoms with Gasteiger partial charge in [0, 0.05) is 63.2 Å². The number of carbonyl (C=O) groups is 1. The van der Waals surface area contributed by atoms with Gasteiger partial charge in [0.2, 0.25) is 5.91 Å². The molecule has 0 aliphatic carbocycles. The van der Waals surface area contributed by atoms with E-state index in [2.05, 4.69) is 22.2 Å². The molecule has 1 amide bonds. The van der Waals surface area contributed by atoms with Crippen LogP contribution in [0.1, 0.15) is 18.9 Å². The van der Waals surface area contributed by atoms with Crippen LogP contribution in [0.5, 0.6) is 0 Å². The Morgan fingerprint density at radius 3 is 2.63 bits per heavy atom. The molecule has 0 saturated carbocycles. The van der Waals surface area contributed by atoms with E-state index in [4.69, 9.17) is 16.6 Å². The zero-order valence-electron chi connectivity index (χ0n) is 17.3. The summed E-state index contributed by atoms with van der Waals surface area (Å²) in [6, 6.07) is 9.44. The molecule has 7 nitrogen and oxygen atoms in total. The fourth-order valence-electron chi connectivity index (χ4n) is 3.38. The minimum absolute atomic E-state index is 0. The normalized spacial score (nSPS) is 14.4. The smallest absolute Gasteiger partial charge is 0.227 e. The number of rotatable bonds is 7. The summed E-state index contributed by atoms with van der Waals surface area (Å²) in [4.78, 5) is 21.5. The van der Waals surface area contributed by atoms with Crippen LogP contribution in [0.15, 0.2) is 47.7 Å². The van der Waals surface area contributed by atoms with Gasteiger partial charge in [-0.3, -0.25) is 14.5 Å². The average molecular weight is 545 g/mol. The van der Waals surface area contributed by atoms with E-state index >= 15 is 0 Å². The van der Waals surface area contributed by atoms with E-state index in [-0.39, 0.29) is 29.9 Å². The Kier molecular flexibility index (Phi) is 10.4. The van der Waals surface area contributed by atoms with Crippen molar-refractivity contribution in [2.24, 2.45) is 4.99 Å². The number of nitrogens with one attached hydrogen (secondary N) is 1. The van der Waals surface area contributed by atoms with Crippen LogP contribution in [0.25, 0.3) is 0 Å². The maximum absolute atomic E-state index is 12.6. The van der Waals surface area contributed by atoms with E-state index in [0.29, 0.717) is 24.5 Å². The zero-order chi connectivity index (χ0) is 20.5. The molecular weight excluding hydrogens is 515 g/mol. The van der Waals surface area contributed by atoms with Crippen molar-refractivity contribution in [1.29, 1.82) is 0 Å². The molecule has 2 aromatic rings. The van der Waals surface area contributed by atoms with Crippen LogP contribution >= 0.6 is 35.6 Å². The molecule has 30 heavy (non-hydrogen) atoms. The van der Waals surface area contributed by atoms with Gasteiger partial charge >= 0.3 is 0 Å². The molecule has 1 fully saturated rings. The van der Waals surface area contributed by atoms with Crippen molar-refractivity contribution in [1.82, 2.24) is 24.9 Å². The average Bonchev–Trinajstić information content (AvgIpc) is 3.24. The Morgan fingerprint density at radius 2 is 1.97 bits per heavy atom. The molecule has 1 aromatic carbocycles. The van der Waals surface area contributed by atoms with Crippen LogP contribution in [0.3, 0.4) is 0 Å². The lowest BCUT2D eigenvalue weighted by Gasteiger charge is -2.36. The summed E-state index contributed by atoms with van der Waals surface area (Å²) in [5.41, 5.74) is 0.956. The topological polar surface area (TPSA) is 65.8 Å². The Labute approximate surface area is 200 Å². The fraction of sp³-hybridized carbons (Fsp3) is 0.476. The molecule has 1 aliphatic rings. The predicted octanol–water partition coefficient (Wildman–Crippen LogP) is 2.90. The largest absolute Gasteiger partial charge is 0.357 e. The van der Waals surface area contributed by atoms with E-state index in [1.165, 1.54) is 0 Å². The van der Waals surface area contributed by atoms with Crippen molar-refractivity contribution in [2.45, 2.75) is 26.3 Å². The lowest BCUT2D eigenvalue weighted by molar-refractivity contribution is -0.131. The number of hydrogen-bond donors (Lipinski definition) is 1. The van der Waals surface area contributed by atoms with Crippen LogP contribution in [-0.2, 0) is 17.8 Å². The third-order valence-corrected chi connectivity index (χ3v) is 5.11. The van der Waals surface area contributed by atoms with Gasteiger partial charge in [-0.05, 0) is 37.1 Å². The number of amides is 1. The highest BCUT2D eigenvalue weighted by Gasteiger charge is 2.23. The van der Waals surface area contributed by atoms with E-state index in [1.54, 1.807) is 6.20 Å². The third kappa shape index (κ3) is 7.46. The highest BCUT2D eigenvalue weighted by molar-refractivity contribution is 14.0. The maximum Gasteiger partial charge on any atom is 0.227 e. The van der Waals surface area contributed by atoms with Crippen molar-refractivity contribution >= 4 is 47.4 Å². The van der Waals surface area contributed by atoms with Crippen molar-refractivity contribution in [3.05, 3.63) is 53.3 Å². The number of nitrogens with zero attached hydrogens (tertiary/aromatic N) is 5. The lowest BCUT2D eigenvalue weighted by Crippen LogP contribution is -2.54. The molecule has 0 atom stereocenters. The third-order valence-electron chi connectivity index (χ3n) is 4.88. The summed E-state index contributed by atoms with van der Waals surface area (Å²) in [6.45, 7) is 7.49. The molecule has 0 bridgehead atoms. The molecule has 0 radical (unpaired) electrons. The van der Waals surface area contributed by atoms with Gasteiger partial charge in [0.25, 0.3) is 0 Å². The van der Waals surface area contributed by atoms with Gasteiger partial charge in [0.05, 0.1) is 6.42 Å². The number of aryl methyl sites for hydroxylation is 1. The Morgan fingerprint density at radius 1 is 1.20 bits per heavy atom. The fourth-order valence-corrected chi connectivity index (χ4v) is 3.59. The minimum Gasteiger partial charge on any atom is -0.357 e. The Bertz CT molecular complexity index is 806. The van der Waals surface area contributed by atoms with Crippen molar-refractivity contribution < 1.29 is 4.79 Å². The van der Waals surface area contributed by atoms with Crippen molar-refractivity contribution in [3.63, 3.8) is 0 Å². The molecule has 1 aliphatic heterocycles. The second kappa shape index (κ2) is 12.8. The van der Waals surface area contributed by atoms with Gasteiger partial charge in [-0.15, -0.1) is 24.0 Å². The monoisotopic (exact) mass is 544 g/mol. The second-order valence-electron chi connectivity index (χ2n) is 7.03. The molecule has 9 heteroatoms. The van der Waals surface area contributed by atoms with Crippen molar-refractivity contribution in [3.8, 4) is 0 Å². The molecule has 164 valence electrons. The molecular formula is C21H30ClIN6O. The SMILES string of the molecule is CCNC(=NCCCn1cccn1)N1CCN(C(=O)Cc2cccc(Cl)c2)CC1.I. The van der Waals surface area contributed by atoms with Crippen LogP contribution in [-0.4, -0.2) is 70.7 Å². The maximum atomic E-state index is 12.6. The van der Waals surface area contributed by atoms with Crippen LogP contribution in [0.2, 0.25) is 5.02 Å². The summed E-state index contributed by atoms with van der Waals surface area (Å²) < 4.78 is 1.92. The highest BCUT2D eigenvalue weighted by atomic mass is 127. The van der Waals surface area contributed by atoms with Crippen molar-refractivity contribution in [2.75, 3.05) is 39.3 Å². The van der Waals surface area contributed by atoms with Gasteiger partial charge in [0.1, 0.15) is 0 Å². The van der Waals surface area contributed by atoms with Gasteiger partial charge in [-0.25, -0.2) is 0 Å².